The Bertz CT molecular complexity index is 542. The van der Waals surface area contributed by atoms with Crippen molar-refractivity contribution in [3.8, 4) is 5.75 Å². The van der Waals surface area contributed by atoms with E-state index in [1.54, 1.807) is 5.38 Å². The van der Waals surface area contributed by atoms with Crippen molar-refractivity contribution in [3.63, 3.8) is 0 Å². The van der Waals surface area contributed by atoms with Gasteiger partial charge >= 0.3 is 0 Å². The van der Waals surface area contributed by atoms with E-state index in [1.165, 1.54) is 11.3 Å². The Balaban J connectivity index is 1.64. The van der Waals surface area contributed by atoms with Gasteiger partial charge in [-0.05, 0) is 18.6 Å². The average molecular weight is 291 g/mol. The number of hydrogen-bond donors (Lipinski definition) is 2. The first-order chi connectivity index (χ1) is 9.79. The molecule has 0 aliphatic heterocycles. The fraction of sp³-hybridized carbons (Fsp3) is 0.286. The second-order valence-corrected chi connectivity index (χ2v) is 5.04. The molecule has 0 fully saturated rings. The SMILES string of the molecule is NCc1nc(C(=O)NCCCOc2ccccc2)cs1. The van der Waals surface area contributed by atoms with Gasteiger partial charge in [-0.2, -0.15) is 0 Å². The Morgan fingerprint density at radius 1 is 1.35 bits per heavy atom. The lowest BCUT2D eigenvalue weighted by molar-refractivity contribution is 0.0947. The number of carbonyl (C=O) groups excluding carboxylic acids is 1. The fourth-order valence-corrected chi connectivity index (χ4v) is 2.24. The van der Waals surface area contributed by atoms with Crippen LogP contribution in [0.5, 0.6) is 5.75 Å². The molecule has 0 unspecified atom stereocenters. The molecule has 106 valence electrons. The van der Waals surface area contributed by atoms with Crippen LogP contribution < -0.4 is 15.8 Å². The van der Waals surface area contributed by atoms with Crippen LogP contribution in [0.3, 0.4) is 0 Å². The Labute approximate surface area is 121 Å². The zero-order chi connectivity index (χ0) is 14.2. The van der Waals surface area contributed by atoms with E-state index in [1.807, 2.05) is 30.3 Å². The molecule has 2 aromatic rings. The maximum absolute atomic E-state index is 11.8. The van der Waals surface area contributed by atoms with E-state index in [-0.39, 0.29) is 5.91 Å². The Morgan fingerprint density at radius 3 is 2.85 bits per heavy atom. The van der Waals surface area contributed by atoms with Gasteiger partial charge in [-0.15, -0.1) is 11.3 Å². The quantitative estimate of drug-likeness (QED) is 0.763. The highest BCUT2D eigenvalue weighted by atomic mass is 32.1. The van der Waals surface area contributed by atoms with Crippen LogP contribution in [0, 0.1) is 0 Å². The lowest BCUT2D eigenvalue weighted by Crippen LogP contribution is -2.25. The van der Waals surface area contributed by atoms with E-state index in [9.17, 15) is 4.79 Å². The largest absolute Gasteiger partial charge is 0.494 e. The van der Waals surface area contributed by atoms with Gasteiger partial charge in [-0.3, -0.25) is 4.79 Å². The second-order valence-electron chi connectivity index (χ2n) is 4.10. The van der Waals surface area contributed by atoms with Crippen molar-refractivity contribution in [2.75, 3.05) is 13.2 Å². The highest BCUT2D eigenvalue weighted by Gasteiger charge is 2.09. The van der Waals surface area contributed by atoms with Crippen LogP contribution in [0.25, 0.3) is 0 Å². The van der Waals surface area contributed by atoms with Crippen LogP contribution in [0.2, 0.25) is 0 Å². The molecular weight excluding hydrogens is 274 g/mol. The van der Waals surface area contributed by atoms with Gasteiger partial charge < -0.3 is 15.8 Å². The summed E-state index contributed by atoms with van der Waals surface area (Å²) in [5.74, 6) is 0.673. The number of ether oxygens (including phenoxy) is 1. The number of para-hydroxylation sites is 1. The Morgan fingerprint density at radius 2 is 2.15 bits per heavy atom. The molecule has 1 aromatic carbocycles. The molecule has 20 heavy (non-hydrogen) atoms. The summed E-state index contributed by atoms with van der Waals surface area (Å²) in [6.45, 7) is 1.49. The predicted molar refractivity (Wildman–Crippen MR) is 78.9 cm³/mol. The lowest BCUT2D eigenvalue weighted by Gasteiger charge is -2.06. The van der Waals surface area contributed by atoms with Crippen LogP contribution in [0.15, 0.2) is 35.7 Å². The van der Waals surface area contributed by atoms with Crippen molar-refractivity contribution in [1.82, 2.24) is 10.3 Å². The number of nitrogens with zero attached hydrogens (tertiary/aromatic N) is 1. The van der Waals surface area contributed by atoms with E-state index in [2.05, 4.69) is 10.3 Å². The number of amides is 1. The minimum Gasteiger partial charge on any atom is -0.494 e. The Kier molecular flexibility index (Phi) is 5.52. The Hall–Kier alpha value is -1.92. The third-order valence-corrected chi connectivity index (χ3v) is 3.45. The van der Waals surface area contributed by atoms with Gasteiger partial charge in [0.25, 0.3) is 5.91 Å². The molecule has 0 aliphatic rings. The molecule has 0 aliphatic carbocycles. The minimum atomic E-state index is -0.166. The summed E-state index contributed by atoms with van der Waals surface area (Å²) in [4.78, 5) is 15.9. The molecule has 5 nitrogen and oxygen atoms in total. The van der Waals surface area contributed by atoms with E-state index >= 15 is 0 Å². The number of carbonyl (C=O) groups is 1. The number of rotatable bonds is 7. The molecular formula is C14H17N3O2S. The van der Waals surface area contributed by atoms with Gasteiger partial charge in [0.1, 0.15) is 16.5 Å². The molecule has 2 rings (SSSR count). The minimum absolute atomic E-state index is 0.166. The normalized spacial score (nSPS) is 10.2. The standard InChI is InChI=1S/C14H17N3O2S/c15-9-13-17-12(10-20-13)14(18)16-7-4-8-19-11-5-2-1-3-6-11/h1-3,5-6,10H,4,7-9,15H2,(H,16,18). The van der Waals surface area contributed by atoms with Crippen molar-refractivity contribution < 1.29 is 9.53 Å². The van der Waals surface area contributed by atoms with E-state index in [4.69, 9.17) is 10.5 Å². The first-order valence-corrected chi connectivity index (χ1v) is 7.28. The summed E-state index contributed by atoms with van der Waals surface area (Å²) in [6, 6.07) is 9.60. The molecule has 0 saturated carbocycles. The van der Waals surface area contributed by atoms with Crippen molar-refractivity contribution in [1.29, 1.82) is 0 Å². The summed E-state index contributed by atoms with van der Waals surface area (Å²) in [5, 5.41) is 5.29. The molecule has 0 atom stereocenters. The maximum Gasteiger partial charge on any atom is 0.270 e. The first kappa shape index (κ1) is 14.5. The van der Waals surface area contributed by atoms with Crippen molar-refractivity contribution >= 4 is 17.2 Å². The third kappa shape index (κ3) is 4.32. The number of thiazole rings is 1. The first-order valence-electron chi connectivity index (χ1n) is 6.40. The molecule has 0 radical (unpaired) electrons. The van der Waals surface area contributed by atoms with E-state index in [0.717, 1.165) is 17.2 Å². The van der Waals surface area contributed by atoms with Crippen LogP contribution in [0.4, 0.5) is 0 Å². The third-order valence-electron chi connectivity index (χ3n) is 2.58. The van der Waals surface area contributed by atoms with Gasteiger partial charge in [0.2, 0.25) is 0 Å². The number of aromatic nitrogens is 1. The monoisotopic (exact) mass is 291 g/mol. The average Bonchev–Trinajstić information content (AvgIpc) is 2.97. The highest BCUT2D eigenvalue weighted by Crippen LogP contribution is 2.09. The number of benzene rings is 1. The molecule has 0 bridgehead atoms. The zero-order valence-corrected chi connectivity index (χ0v) is 11.9. The van der Waals surface area contributed by atoms with Crippen LogP contribution >= 0.6 is 11.3 Å². The molecule has 1 heterocycles. The van der Waals surface area contributed by atoms with E-state index < -0.39 is 0 Å². The number of nitrogens with two attached hydrogens (primary N) is 1. The highest BCUT2D eigenvalue weighted by molar-refractivity contribution is 7.09. The smallest absolute Gasteiger partial charge is 0.270 e. The van der Waals surface area contributed by atoms with Crippen molar-refractivity contribution in [2.45, 2.75) is 13.0 Å². The van der Waals surface area contributed by atoms with Crippen LogP contribution in [-0.2, 0) is 6.54 Å². The summed E-state index contributed by atoms with van der Waals surface area (Å²) in [6.07, 6.45) is 0.745. The predicted octanol–water partition coefficient (Wildman–Crippen LogP) is 1.80. The topological polar surface area (TPSA) is 77.2 Å². The lowest BCUT2D eigenvalue weighted by atomic mass is 10.3. The molecule has 1 amide bonds. The van der Waals surface area contributed by atoms with Gasteiger partial charge in [0.15, 0.2) is 0 Å². The van der Waals surface area contributed by atoms with Gasteiger partial charge in [0, 0.05) is 18.5 Å². The van der Waals surface area contributed by atoms with Gasteiger partial charge in [0.05, 0.1) is 6.61 Å². The molecule has 1 aromatic heterocycles. The molecule has 0 saturated heterocycles. The van der Waals surface area contributed by atoms with Crippen LogP contribution in [-0.4, -0.2) is 24.0 Å². The van der Waals surface area contributed by atoms with Crippen LogP contribution in [0.1, 0.15) is 21.9 Å². The van der Waals surface area contributed by atoms with Crippen molar-refractivity contribution in [2.24, 2.45) is 5.73 Å². The fourth-order valence-electron chi connectivity index (χ4n) is 1.58. The van der Waals surface area contributed by atoms with Gasteiger partial charge in [-0.25, -0.2) is 4.98 Å². The summed E-state index contributed by atoms with van der Waals surface area (Å²) in [5.41, 5.74) is 5.89. The summed E-state index contributed by atoms with van der Waals surface area (Å²) >= 11 is 1.40. The molecule has 0 spiro atoms. The zero-order valence-electron chi connectivity index (χ0n) is 11.0. The second kappa shape index (κ2) is 7.62. The summed E-state index contributed by atoms with van der Waals surface area (Å²) in [7, 11) is 0. The molecule has 3 N–H and O–H groups in total. The number of nitrogens with one attached hydrogen (secondary N) is 1. The summed E-state index contributed by atoms with van der Waals surface area (Å²) < 4.78 is 5.53. The molecule has 6 heteroatoms. The van der Waals surface area contributed by atoms with Crippen molar-refractivity contribution in [3.05, 3.63) is 46.4 Å². The number of hydrogen-bond acceptors (Lipinski definition) is 5. The maximum atomic E-state index is 11.8. The van der Waals surface area contributed by atoms with Gasteiger partial charge in [-0.1, -0.05) is 18.2 Å². The van der Waals surface area contributed by atoms with E-state index in [0.29, 0.717) is 25.4 Å².